The molecule has 0 saturated carbocycles. The second-order valence-corrected chi connectivity index (χ2v) is 10.2. The number of carboxylic acids is 1. The zero-order valence-corrected chi connectivity index (χ0v) is 29.8. The van der Waals surface area contributed by atoms with Crippen molar-refractivity contribution in [3.8, 4) is 0 Å². The van der Waals surface area contributed by atoms with Gasteiger partial charge >= 0.3 is 12.1 Å². The molecular weight excluding hydrogens is 678 g/mol. The Balaban J connectivity index is 1.63. The summed E-state index contributed by atoms with van der Waals surface area (Å²) >= 11 is 0. The van der Waals surface area contributed by atoms with Gasteiger partial charge in [0.1, 0.15) is 13.2 Å². The number of hydrogen-bond acceptors (Lipinski definition) is 15. The van der Waals surface area contributed by atoms with E-state index in [0.717, 1.165) is 5.56 Å². The van der Waals surface area contributed by atoms with E-state index in [1.807, 2.05) is 30.3 Å². The summed E-state index contributed by atoms with van der Waals surface area (Å²) < 4.78 is 69.6. The van der Waals surface area contributed by atoms with Crippen molar-refractivity contribution in [1.29, 1.82) is 0 Å². The molecule has 0 atom stereocenters. The summed E-state index contributed by atoms with van der Waals surface area (Å²) in [6, 6.07) is 9.49. The Kier molecular flexibility index (Phi) is 35.3. The van der Waals surface area contributed by atoms with Gasteiger partial charge in [0.2, 0.25) is 0 Å². The summed E-state index contributed by atoms with van der Waals surface area (Å²) in [5.74, 6) is -1.00. The van der Waals surface area contributed by atoms with Crippen molar-refractivity contribution >= 4 is 12.1 Å². The molecule has 0 aliphatic rings. The Labute approximate surface area is 301 Å². The highest BCUT2D eigenvalue weighted by Crippen LogP contribution is 2.00. The van der Waals surface area contributed by atoms with Crippen molar-refractivity contribution in [2.45, 2.75) is 6.61 Å². The number of aliphatic carboxylic acids is 1. The third-order valence-electron chi connectivity index (χ3n) is 6.05. The minimum absolute atomic E-state index is 0.232. The molecule has 0 unspecified atom stereocenters. The van der Waals surface area contributed by atoms with Crippen molar-refractivity contribution in [3.05, 3.63) is 35.9 Å². The molecule has 0 heterocycles. The van der Waals surface area contributed by atoms with E-state index in [4.69, 9.17) is 66.7 Å². The van der Waals surface area contributed by atoms with Crippen molar-refractivity contribution in [3.63, 3.8) is 0 Å². The lowest BCUT2D eigenvalue weighted by atomic mass is 10.2. The molecule has 17 nitrogen and oxygen atoms in total. The lowest BCUT2D eigenvalue weighted by Gasteiger charge is -2.09. The van der Waals surface area contributed by atoms with Crippen LogP contribution in [0.2, 0.25) is 0 Å². The average molecular weight is 738 g/mol. The van der Waals surface area contributed by atoms with Crippen LogP contribution in [0, 0.1) is 0 Å². The topological polar surface area (TPSA) is 186 Å². The average Bonchev–Trinajstić information content (AvgIpc) is 3.13. The number of hydrogen-bond donors (Lipinski definition) is 2. The van der Waals surface area contributed by atoms with E-state index in [2.05, 4.69) is 5.32 Å². The van der Waals surface area contributed by atoms with E-state index in [1.54, 1.807) is 0 Å². The molecule has 0 bridgehead atoms. The summed E-state index contributed by atoms with van der Waals surface area (Å²) in [6.45, 7) is 10.4. The van der Waals surface area contributed by atoms with Crippen LogP contribution in [0.3, 0.4) is 0 Å². The molecule has 0 aliphatic carbocycles. The lowest BCUT2D eigenvalue weighted by Crippen LogP contribution is -2.28. The Morgan fingerprint density at radius 3 is 1.04 bits per heavy atom. The number of nitrogens with one attached hydrogen (secondary N) is 1. The first-order valence-corrected chi connectivity index (χ1v) is 17.3. The van der Waals surface area contributed by atoms with E-state index in [1.165, 1.54) is 0 Å². The summed E-state index contributed by atoms with van der Waals surface area (Å²) in [5, 5.41) is 11.1. The second-order valence-electron chi connectivity index (χ2n) is 10.2. The predicted octanol–water partition coefficient (Wildman–Crippen LogP) is 1.20. The van der Waals surface area contributed by atoms with Crippen LogP contribution in [-0.4, -0.2) is 182 Å². The predicted molar refractivity (Wildman–Crippen MR) is 182 cm³/mol. The Morgan fingerprint density at radius 1 is 0.431 bits per heavy atom. The SMILES string of the molecule is O=C(O)COCCOCCOCCOCCOCCOCCOCCOCCOCCOCCOCCOCCNC(=O)OCc1ccccc1. The zero-order chi connectivity index (χ0) is 36.6. The maximum Gasteiger partial charge on any atom is 0.407 e. The van der Waals surface area contributed by atoms with Crippen LogP contribution in [0.4, 0.5) is 4.79 Å². The smallest absolute Gasteiger partial charge is 0.407 e. The first kappa shape index (κ1) is 46.5. The maximum absolute atomic E-state index is 11.6. The van der Waals surface area contributed by atoms with Gasteiger partial charge in [-0.2, -0.15) is 0 Å². The highest BCUT2D eigenvalue weighted by Gasteiger charge is 2.02. The summed E-state index contributed by atoms with van der Waals surface area (Å²) in [6.07, 6.45) is -0.475. The van der Waals surface area contributed by atoms with E-state index >= 15 is 0 Å². The molecule has 17 heteroatoms. The fourth-order valence-electron chi connectivity index (χ4n) is 3.58. The van der Waals surface area contributed by atoms with Gasteiger partial charge in [0.25, 0.3) is 0 Å². The first-order valence-electron chi connectivity index (χ1n) is 17.3. The van der Waals surface area contributed by atoms with E-state index in [9.17, 15) is 9.59 Å². The van der Waals surface area contributed by atoms with Crippen LogP contribution in [0.15, 0.2) is 30.3 Å². The Hall–Kier alpha value is -2.52. The molecule has 0 saturated heterocycles. The molecular formula is C34H59NO16. The fraction of sp³-hybridized carbons (Fsp3) is 0.765. The molecule has 296 valence electrons. The van der Waals surface area contributed by atoms with E-state index in [0.29, 0.717) is 152 Å². The number of rotatable bonds is 40. The number of carboxylic acid groups (broad SMARTS) is 1. The molecule has 2 N–H and O–H groups in total. The van der Waals surface area contributed by atoms with Gasteiger partial charge in [0.05, 0.1) is 152 Å². The van der Waals surface area contributed by atoms with E-state index in [-0.39, 0.29) is 19.8 Å². The molecule has 1 aromatic rings. The minimum Gasteiger partial charge on any atom is -0.480 e. The third-order valence-corrected chi connectivity index (χ3v) is 6.05. The number of carbonyl (C=O) groups excluding carboxylic acids is 1. The number of alkyl carbamates (subject to hydrolysis) is 1. The zero-order valence-electron chi connectivity index (χ0n) is 29.8. The molecule has 0 spiro atoms. The molecule has 0 aromatic heterocycles. The summed E-state index contributed by atoms with van der Waals surface area (Å²) in [4.78, 5) is 21.9. The minimum atomic E-state index is -1.00. The van der Waals surface area contributed by atoms with Crippen LogP contribution < -0.4 is 5.32 Å². The van der Waals surface area contributed by atoms with Gasteiger partial charge in [-0.15, -0.1) is 0 Å². The van der Waals surface area contributed by atoms with Crippen molar-refractivity contribution in [2.75, 3.05) is 165 Å². The lowest BCUT2D eigenvalue weighted by molar-refractivity contribution is -0.142. The first-order chi connectivity index (χ1) is 25.2. The Bertz CT molecular complexity index is 885. The van der Waals surface area contributed by atoms with Crippen LogP contribution in [0.25, 0.3) is 0 Å². The fourth-order valence-corrected chi connectivity index (χ4v) is 3.58. The van der Waals surface area contributed by atoms with Gasteiger partial charge in [-0.05, 0) is 5.56 Å². The van der Waals surface area contributed by atoms with Gasteiger partial charge in [-0.25, -0.2) is 9.59 Å². The van der Waals surface area contributed by atoms with Crippen molar-refractivity contribution < 1.29 is 76.3 Å². The van der Waals surface area contributed by atoms with Crippen LogP contribution in [0.1, 0.15) is 5.56 Å². The monoisotopic (exact) mass is 737 g/mol. The number of carbonyl (C=O) groups is 2. The van der Waals surface area contributed by atoms with Crippen LogP contribution >= 0.6 is 0 Å². The summed E-state index contributed by atoms with van der Waals surface area (Å²) in [7, 11) is 0. The van der Waals surface area contributed by atoms with Gasteiger partial charge in [0, 0.05) is 6.54 Å². The van der Waals surface area contributed by atoms with Gasteiger partial charge < -0.3 is 72.0 Å². The number of amides is 1. The van der Waals surface area contributed by atoms with Gasteiger partial charge in [0.15, 0.2) is 0 Å². The van der Waals surface area contributed by atoms with Crippen LogP contribution in [-0.2, 0) is 73.0 Å². The normalized spacial score (nSPS) is 11.2. The molecule has 51 heavy (non-hydrogen) atoms. The second kappa shape index (κ2) is 38.7. The highest BCUT2D eigenvalue weighted by atomic mass is 16.6. The molecule has 1 aromatic carbocycles. The standard InChI is InChI=1S/C34H59NO16/c36-33(37)31-50-29-28-49-27-26-48-25-24-47-23-22-46-21-20-45-19-18-44-17-16-43-15-14-42-13-12-41-11-10-40-9-8-39-7-6-35-34(38)51-30-32-4-2-1-3-5-32/h1-5H,6-31H2,(H,35,38)(H,36,37). The Morgan fingerprint density at radius 2 is 0.725 bits per heavy atom. The van der Waals surface area contributed by atoms with Gasteiger partial charge in [-0.3, -0.25) is 0 Å². The quantitative estimate of drug-likeness (QED) is 0.0915. The van der Waals surface area contributed by atoms with Crippen LogP contribution in [0.5, 0.6) is 0 Å². The van der Waals surface area contributed by atoms with E-state index < -0.39 is 12.1 Å². The molecule has 1 amide bonds. The molecule has 1 rings (SSSR count). The molecule has 0 radical (unpaired) electrons. The maximum atomic E-state index is 11.6. The third kappa shape index (κ3) is 37.1. The van der Waals surface area contributed by atoms with Gasteiger partial charge in [-0.1, -0.05) is 30.3 Å². The number of benzene rings is 1. The highest BCUT2D eigenvalue weighted by molar-refractivity contribution is 5.68. The van der Waals surface area contributed by atoms with Crippen molar-refractivity contribution in [2.24, 2.45) is 0 Å². The molecule has 0 fully saturated rings. The number of ether oxygens (including phenoxy) is 13. The molecule has 0 aliphatic heterocycles. The largest absolute Gasteiger partial charge is 0.480 e. The summed E-state index contributed by atoms with van der Waals surface area (Å²) in [5.41, 5.74) is 0.933. The van der Waals surface area contributed by atoms with Crippen molar-refractivity contribution in [1.82, 2.24) is 5.32 Å².